The van der Waals surface area contributed by atoms with Gasteiger partial charge >= 0.3 is 0 Å². The Kier molecular flexibility index (Phi) is 4.91. The molecule has 1 saturated heterocycles. The highest BCUT2D eigenvalue weighted by molar-refractivity contribution is 5.23. The van der Waals surface area contributed by atoms with Crippen molar-refractivity contribution >= 4 is 0 Å². The molecule has 3 nitrogen and oxygen atoms in total. The summed E-state index contributed by atoms with van der Waals surface area (Å²) in [6, 6.07) is 7.06. The van der Waals surface area contributed by atoms with E-state index in [4.69, 9.17) is 10.5 Å². The minimum Gasteiger partial charge on any atom is -0.380 e. The molecule has 0 amide bonds. The van der Waals surface area contributed by atoms with Gasteiger partial charge in [-0.1, -0.05) is 25.1 Å². The van der Waals surface area contributed by atoms with Crippen molar-refractivity contribution in [3.8, 4) is 0 Å². The lowest BCUT2D eigenvalue weighted by atomic mass is 9.94. The summed E-state index contributed by atoms with van der Waals surface area (Å²) in [6.07, 6.45) is 1.80. The molecular formula is C15H23FN2O. The third-order valence-electron chi connectivity index (χ3n) is 4.02. The second-order valence-electron chi connectivity index (χ2n) is 5.22. The zero-order chi connectivity index (χ0) is 13.8. The fourth-order valence-electron chi connectivity index (χ4n) is 2.76. The third-order valence-corrected chi connectivity index (χ3v) is 4.02. The highest BCUT2D eigenvalue weighted by Gasteiger charge is 2.31. The quantitative estimate of drug-likeness (QED) is 0.889. The first kappa shape index (κ1) is 14.4. The summed E-state index contributed by atoms with van der Waals surface area (Å²) in [7, 11) is 2.02. The summed E-state index contributed by atoms with van der Waals surface area (Å²) in [4.78, 5) is 2.18. The van der Waals surface area contributed by atoms with E-state index in [1.807, 2.05) is 26.1 Å². The van der Waals surface area contributed by atoms with Crippen molar-refractivity contribution in [3.05, 3.63) is 35.6 Å². The van der Waals surface area contributed by atoms with E-state index < -0.39 is 0 Å². The fraction of sp³-hybridized carbons (Fsp3) is 0.600. The van der Waals surface area contributed by atoms with E-state index in [0.29, 0.717) is 18.2 Å². The summed E-state index contributed by atoms with van der Waals surface area (Å²) in [6.45, 7) is 3.52. The molecule has 1 aromatic rings. The Morgan fingerprint density at radius 3 is 2.79 bits per heavy atom. The van der Waals surface area contributed by atoms with Crippen LogP contribution in [0, 0.1) is 5.82 Å². The molecule has 1 aliphatic heterocycles. The Hall–Kier alpha value is -0.970. The first-order chi connectivity index (χ1) is 9.15. The number of halogens is 1. The van der Waals surface area contributed by atoms with Crippen LogP contribution in [-0.4, -0.2) is 37.2 Å². The largest absolute Gasteiger partial charge is 0.380 e. The molecule has 4 heteroatoms. The number of rotatable bonds is 5. The van der Waals surface area contributed by atoms with Gasteiger partial charge < -0.3 is 10.5 Å². The van der Waals surface area contributed by atoms with Crippen LogP contribution in [0.1, 0.15) is 31.4 Å². The molecule has 1 fully saturated rings. The number of hydrogen-bond donors (Lipinski definition) is 1. The van der Waals surface area contributed by atoms with Crippen LogP contribution in [0.4, 0.5) is 4.39 Å². The number of benzene rings is 1. The molecular weight excluding hydrogens is 243 g/mol. The van der Waals surface area contributed by atoms with Gasteiger partial charge in [-0.3, -0.25) is 4.90 Å². The van der Waals surface area contributed by atoms with Gasteiger partial charge in [-0.15, -0.1) is 0 Å². The topological polar surface area (TPSA) is 38.5 Å². The minimum atomic E-state index is -0.179. The van der Waals surface area contributed by atoms with Gasteiger partial charge in [-0.25, -0.2) is 4.39 Å². The van der Waals surface area contributed by atoms with Gasteiger partial charge in [0.25, 0.3) is 0 Å². The third kappa shape index (κ3) is 3.14. The molecule has 106 valence electrons. The van der Waals surface area contributed by atoms with Gasteiger partial charge in [0, 0.05) is 24.3 Å². The lowest BCUT2D eigenvalue weighted by Crippen LogP contribution is -2.44. The Balaban J connectivity index is 2.27. The molecule has 0 bridgehead atoms. The maximum atomic E-state index is 14.1. The summed E-state index contributed by atoms with van der Waals surface area (Å²) in [5.74, 6) is -0.179. The van der Waals surface area contributed by atoms with Crippen LogP contribution >= 0.6 is 0 Å². The van der Waals surface area contributed by atoms with E-state index in [1.54, 1.807) is 6.07 Å². The molecule has 1 aliphatic rings. The highest BCUT2D eigenvalue weighted by Crippen LogP contribution is 2.29. The van der Waals surface area contributed by atoms with Gasteiger partial charge in [0.2, 0.25) is 0 Å². The second-order valence-corrected chi connectivity index (χ2v) is 5.22. The van der Waals surface area contributed by atoms with E-state index in [-0.39, 0.29) is 17.9 Å². The summed E-state index contributed by atoms with van der Waals surface area (Å²) >= 11 is 0. The predicted molar refractivity (Wildman–Crippen MR) is 74.4 cm³/mol. The van der Waals surface area contributed by atoms with E-state index in [0.717, 1.165) is 19.4 Å². The Labute approximate surface area is 114 Å². The predicted octanol–water partition coefficient (Wildman–Crippen LogP) is 2.32. The number of likely N-dealkylation sites (N-methyl/N-ethyl adjacent to an activating group) is 1. The summed E-state index contributed by atoms with van der Waals surface area (Å²) in [5, 5.41) is 0. The Morgan fingerprint density at radius 1 is 1.47 bits per heavy atom. The maximum absolute atomic E-state index is 14.1. The highest BCUT2D eigenvalue weighted by atomic mass is 19.1. The molecule has 0 aromatic heterocycles. The van der Waals surface area contributed by atoms with E-state index in [2.05, 4.69) is 4.90 Å². The van der Waals surface area contributed by atoms with E-state index in [9.17, 15) is 4.39 Å². The molecule has 1 heterocycles. The van der Waals surface area contributed by atoms with Crippen molar-refractivity contribution in [3.63, 3.8) is 0 Å². The normalized spacial score (nSPS) is 22.7. The van der Waals surface area contributed by atoms with Gasteiger partial charge in [0.05, 0.1) is 12.6 Å². The van der Waals surface area contributed by atoms with Crippen LogP contribution in [0.5, 0.6) is 0 Å². The average Bonchev–Trinajstić information content (AvgIpc) is 2.94. The van der Waals surface area contributed by atoms with Crippen molar-refractivity contribution in [1.29, 1.82) is 0 Å². The van der Waals surface area contributed by atoms with Crippen LogP contribution in [0.15, 0.2) is 24.3 Å². The van der Waals surface area contributed by atoms with Crippen molar-refractivity contribution in [1.82, 2.24) is 4.90 Å². The molecule has 19 heavy (non-hydrogen) atoms. The van der Waals surface area contributed by atoms with Crippen molar-refractivity contribution in [2.24, 2.45) is 5.73 Å². The Bertz CT molecular complexity index is 407. The second kappa shape index (κ2) is 6.46. The van der Waals surface area contributed by atoms with Crippen LogP contribution in [0.2, 0.25) is 0 Å². The number of nitrogens with zero attached hydrogens (tertiary/aromatic N) is 1. The number of ether oxygens (including phenoxy) is 1. The molecule has 3 unspecified atom stereocenters. The van der Waals surface area contributed by atoms with E-state index in [1.165, 1.54) is 6.07 Å². The van der Waals surface area contributed by atoms with Gasteiger partial charge in [0.1, 0.15) is 5.82 Å². The SMILES string of the molecule is CCC(N)C(c1ccccc1F)N(C)C1CCOC1. The number of hydrogen-bond acceptors (Lipinski definition) is 3. The first-order valence-corrected chi connectivity index (χ1v) is 6.94. The number of nitrogens with two attached hydrogens (primary N) is 1. The first-order valence-electron chi connectivity index (χ1n) is 6.94. The van der Waals surface area contributed by atoms with Crippen molar-refractivity contribution < 1.29 is 9.13 Å². The smallest absolute Gasteiger partial charge is 0.128 e. The van der Waals surface area contributed by atoms with Crippen LogP contribution in [0.3, 0.4) is 0 Å². The summed E-state index contributed by atoms with van der Waals surface area (Å²) < 4.78 is 19.5. The van der Waals surface area contributed by atoms with Crippen LogP contribution in [-0.2, 0) is 4.74 Å². The maximum Gasteiger partial charge on any atom is 0.128 e. The molecule has 1 aromatic carbocycles. The zero-order valence-electron chi connectivity index (χ0n) is 11.7. The van der Waals surface area contributed by atoms with Crippen molar-refractivity contribution in [2.75, 3.05) is 20.3 Å². The fourth-order valence-corrected chi connectivity index (χ4v) is 2.76. The standard InChI is InChI=1S/C15H23FN2O/c1-3-14(17)15(12-6-4-5-7-13(12)16)18(2)11-8-9-19-10-11/h4-7,11,14-15H,3,8-10,17H2,1-2H3. The lowest BCUT2D eigenvalue weighted by Gasteiger charge is -2.36. The molecule has 0 spiro atoms. The molecule has 3 atom stereocenters. The summed E-state index contributed by atoms with van der Waals surface area (Å²) in [5.41, 5.74) is 6.92. The van der Waals surface area contributed by atoms with Gasteiger partial charge in [0.15, 0.2) is 0 Å². The molecule has 0 aliphatic carbocycles. The van der Waals surface area contributed by atoms with Gasteiger partial charge in [-0.05, 0) is 26.0 Å². The van der Waals surface area contributed by atoms with Crippen LogP contribution in [0.25, 0.3) is 0 Å². The van der Waals surface area contributed by atoms with Crippen LogP contribution < -0.4 is 5.73 Å². The lowest BCUT2D eigenvalue weighted by molar-refractivity contribution is 0.117. The molecule has 0 radical (unpaired) electrons. The minimum absolute atomic E-state index is 0.0810. The van der Waals surface area contributed by atoms with Gasteiger partial charge in [-0.2, -0.15) is 0 Å². The van der Waals surface area contributed by atoms with E-state index >= 15 is 0 Å². The molecule has 2 rings (SSSR count). The average molecular weight is 266 g/mol. The Morgan fingerprint density at radius 2 is 2.21 bits per heavy atom. The molecule has 0 saturated carbocycles. The zero-order valence-corrected chi connectivity index (χ0v) is 11.7. The molecule has 2 N–H and O–H groups in total. The van der Waals surface area contributed by atoms with Crippen molar-refractivity contribution in [2.45, 2.75) is 37.9 Å². The monoisotopic (exact) mass is 266 g/mol.